The SMILES string of the molecule is Cc1cccc(C(=O)Nc2ccc(OCC(=O)Nc3sccc3C#N)cc2)c1. The number of carbonyl (C=O) groups is 2. The standard InChI is InChI=1S/C21H17N3O3S/c1-14-3-2-4-15(11-14)20(26)23-17-5-7-18(8-6-17)27-13-19(25)24-21-16(12-22)9-10-28-21/h2-11H,13H2,1H3,(H,23,26)(H,24,25). The van der Waals surface area contributed by atoms with Crippen LogP contribution in [0.4, 0.5) is 10.7 Å². The Morgan fingerprint density at radius 1 is 1.11 bits per heavy atom. The molecule has 0 unspecified atom stereocenters. The van der Waals surface area contributed by atoms with E-state index in [-0.39, 0.29) is 18.4 Å². The number of rotatable bonds is 6. The van der Waals surface area contributed by atoms with Crippen molar-refractivity contribution in [1.29, 1.82) is 5.26 Å². The van der Waals surface area contributed by atoms with Gasteiger partial charge in [-0.25, -0.2) is 0 Å². The van der Waals surface area contributed by atoms with Crippen molar-refractivity contribution in [1.82, 2.24) is 0 Å². The van der Waals surface area contributed by atoms with E-state index in [4.69, 9.17) is 10.00 Å². The summed E-state index contributed by atoms with van der Waals surface area (Å²) < 4.78 is 5.45. The van der Waals surface area contributed by atoms with Gasteiger partial charge < -0.3 is 15.4 Å². The maximum Gasteiger partial charge on any atom is 0.262 e. The van der Waals surface area contributed by atoms with Crippen molar-refractivity contribution in [2.45, 2.75) is 6.92 Å². The van der Waals surface area contributed by atoms with Crippen molar-refractivity contribution in [2.75, 3.05) is 17.2 Å². The maximum atomic E-state index is 12.3. The number of ether oxygens (including phenoxy) is 1. The Labute approximate surface area is 166 Å². The number of aryl methyl sites for hydroxylation is 1. The van der Waals surface area contributed by atoms with Gasteiger partial charge in [0.15, 0.2) is 6.61 Å². The van der Waals surface area contributed by atoms with Crippen molar-refractivity contribution in [3.05, 3.63) is 76.7 Å². The Morgan fingerprint density at radius 2 is 1.89 bits per heavy atom. The Bertz CT molecular complexity index is 1040. The Kier molecular flexibility index (Phi) is 6.04. The van der Waals surface area contributed by atoms with E-state index in [9.17, 15) is 9.59 Å². The van der Waals surface area contributed by atoms with Gasteiger partial charge in [-0.15, -0.1) is 11.3 Å². The molecule has 0 aliphatic carbocycles. The molecule has 140 valence electrons. The molecule has 0 saturated carbocycles. The number of anilines is 2. The zero-order valence-electron chi connectivity index (χ0n) is 15.1. The van der Waals surface area contributed by atoms with Gasteiger partial charge in [0.25, 0.3) is 11.8 Å². The predicted molar refractivity (Wildman–Crippen MR) is 109 cm³/mol. The first-order valence-corrected chi connectivity index (χ1v) is 9.31. The van der Waals surface area contributed by atoms with Crippen LogP contribution < -0.4 is 15.4 Å². The first-order valence-electron chi connectivity index (χ1n) is 8.43. The second kappa shape index (κ2) is 8.84. The maximum absolute atomic E-state index is 12.3. The van der Waals surface area contributed by atoms with Crippen LogP contribution in [0.25, 0.3) is 0 Å². The molecule has 7 heteroatoms. The molecule has 0 aliphatic rings. The third-order valence-electron chi connectivity index (χ3n) is 3.80. The van der Waals surface area contributed by atoms with E-state index in [1.54, 1.807) is 41.8 Å². The largest absolute Gasteiger partial charge is 0.484 e. The molecular weight excluding hydrogens is 374 g/mol. The van der Waals surface area contributed by atoms with Crippen molar-refractivity contribution >= 4 is 33.8 Å². The first-order chi connectivity index (χ1) is 13.5. The molecule has 1 aromatic heterocycles. The summed E-state index contributed by atoms with van der Waals surface area (Å²) in [6.07, 6.45) is 0. The fraction of sp³-hybridized carbons (Fsp3) is 0.0952. The molecule has 1 heterocycles. The van der Waals surface area contributed by atoms with Gasteiger partial charge in [0.1, 0.15) is 16.8 Å². The fourth-order valence-electron chi connectivity index (χ4n) is 2.43. The molecule has 0 radical (unpaired) electrons. The zero-order chi connectivity index (χ0) is 19.9. The van der Waals surface area contributed by atoms with Gasteiger partial charge in [0.05, 0.1) is 5.56 Å². The van der Waals surface area contributed by atoms with E-state index in [2.05, 4.69) is 10.6 Å². The molecule has 3 rings (SSSR count). The molecule has 2 amide bonds. The molecule has 0 atom stereocenters. The number of thiophene rings is 1. The summed E-state index contributed by atoms with van der Waals surface area (Å²) in [7, 11) is 0. The van der Waals surface area contributed by atoms with Crippen LogP contribution in [0.2, 0.25) is 0 Å². The number of hydrogen-bond acceptors (Lipinski definition) is 5. The smallest absolute Gasteiger partial charge is 0.262 e. The van der Waals surface area contributed by atoms with Crippen molar-refractivity contribution in [3.8, 4) is 11.8 Å². The van der Waals surface area contributed by atoms with Crippen LogP contribution in [-0.4, -0.2) is 18.4 Å². The van der Waals surface area contributed by atoms with Gasteiger partial charge in [-0.3, -0.25) is 9.59 Å². The number of benzene rings is 2. The third kappa shape index (κ3) is 4.96. The van der Waals surface area contributed by atoms with Gasteiger partial charge in [-0.2, -0.15) is 5.26 Å². The number of carbonyl (C=O) groups excluding carboxylic acids is 2. The molecule has 0 spiro atoms. The first kappa shape index (κ1) is 19.1. The predicted octanol–water partition coefficient (Wildman–Crippen LogP) is 4.20. The van der Waals surface area contributed by atoms with Gasteiger partial charge in [0, 0.05) is 11.3 Å². The summed E-state index contributed by atoms with van der Waals surface area (Å²) in [4.78, 5) is 24.2. The highest BCUT2D eigenvalue weighted by molar-refractivity contribution is 7.14. The minimum Gasteiger partial charge on any atom is -0.484 e. The number of nitrogens with zero attached hydrogens (tertiary/aromatic N) is 1. The van der Waals surface area contributed by atoms with Crippen molar-refractivity contribution in [2.24, 2.45) is 0 Å². The van der Waals surface area contributed by atoms with Crippen molar-refractivity contribution in [3.63, 3.8) is 0 Å². The molecule has 2 N–H and O–H groups in total. The van der Waals surface area contributed by atoms with Crippen LogP contribution in [0.15, 0.2) is 60.0 Å². The van der Waals surface area contributed by atoms with Crippen LogP contribution in [-0.2, 0) is 4.79 Å². The summed E-state index contributed by atoms with van der Waals surface area (Å²) in [6, 6.07) is 17.7. The number of nitriles is 1. The Morgan fingerprint density at radius 3 is 2.61 bits per heavy atom. The minimum absolute atomic E-state index is 0.183. The van der Waals surface area contributed by atoms with E-state index < -0.39 is 0 Å². The van der Waals surface area contributed by atoms with Crippen LogP contribution >= 0.6 is 11.3 Å². The highest BCUT2D eigenvalue weighted by Gasteiger charge is 2.09. The molecule has 0 bridgehead atoms. The highest BCUT2D eigenvalue weighted by Crippen LogP contribution is 2.22. The van der Waals surface area contributed by atoms with E-state index in [1.165, 1.54) is 11.3 Å². The molecule has 6 nitrogen and oxygen atoms in total. The van der Waals surface area contributed by atoms with Gasteiger partial charge >= 0.3 is 0 Å². The summed E-state index contributed by atoms with van der Waals surface area (Å²) >= 11 is 1.28. The van der Waals surface area contributed by atoms with E-state index in [0.29, 0.717) is 27.6 Å². The molecule has 0 aliphatic heterocycles. The molecule has 0 saturated heterocycles. The lowest BCUT2D eigenvalue weighted by atomic mass is 10.1. The normalized spacial score (nSPS) is 10.0. The monoisotopic (exact) mass is 391 g/mol. The van der Waals surface area contributed by atoms with Crippen LogP contribution in [0.3, 0.4) is 0 Å². The topological polar surface area (TPSA) is 91.2 Å². The molecule has 28 heavy (non-hydrogen) atoms. The minimum atomic E-state index is -0.351. The molecule has 0 fully saturated rings. The van der Waals surface area contributed by atoms with Gasteiger partial charge in [0.2, 0.25) is 0 Å². The average molecular weight is 391 g/mol. The average Bonchev–Trinajstić information content (AvgIpc) is 3.14. The van der Waals surface area contributed by atoms with E-state index in [1.807, 2.05) is 31.2 Å². The number of nitrogens with one attached hydrogen (secondary N) is 2. The second-order valence-corrected chi connectivity index (χ2v) is 6.88. The second-order valence-electron chi connectivity index (χ2n) is 5.96. The van der Waals surface area contributed by atoms with Crippen LogP contribution in [0.1, 0.15) is 21.5 Å². The molecule has 3 aromatic rings. The van der Waals surface area contributed by atoms with Gasteiger partial charge in [-0.05, 0) is 54.8 Å². The lowest BCUT2D eigenvalue weighted by Crippen LogP contribution is -2.20. The third-order valence-corrected chi connectivity index (χ3v) is 4.63. The zero-order valence-corrected chi connectivity index (χ0v) is 15.9. The Balaban J connectivity index is 1.52. The lowest BCUT2D eigenvalue weighted by Gasteiger charge is -2.09. The molecular formula is C21H17N3O3S. The summed E-state index contributed by atoms with van der Waals surface area (Å²) in [5.41, 5.74) is 2.65. The number of hydrogen-bond donors (Lipinski definition) is 2. The summed E-state index contributed by atoms with van der Waals surface area (Å²) in [5, 5.41) is 16.7. The van der Waals surface area contributed by atoms with Crippen molar-refractivity contribution < 1.29 is 14.3 Å². The Hall–Kier alpha value is -3.63. The lowest BCUT2D eigenvalue weighted by molar-refractivity contribution is -0.118. The van der Waals surface area contributed by atoms with Crippen LogP contribution in [0, 0.1) is 18.3 Å². The summed E-state index contributed by atoms with van der Waals surface area (Å²) in [6.45, 7) is 1.75. The molecule has 2 aromatic carbocycles. The highest BCUT2D eigenvalue weighted by atomic mass is 32.1. The van der Waals surface area contributed by atoms with Gasteiger partial charge in [-0.1, -0.05) is 17.7 Å². The van der Waals surface area contributed by atoms with E-state index >= 15 is 0 Å². The van der Waals surface area contributed by atoms with E-state index in [0.717, 1.165) is 5.56 Å². The van der Waals surface area contributed by atoms with Crippen LogP contribution in [0.5, 0.6) is 5.75 Å². The number of amides is 2. The summed E-state index contributed by atoms with van der Waals surface area (Å²) in [5.74, 6) is -0.0489. The quantitative estimate of drug-likeness (QED) is 0.659. The fourth-order valence-corrected chi connectivity index (χ4v) is 3.18.